The summed E-state index contributed by atoms with van der Waals surface area (Å²) in [5.41, 5.74) is 2.25. The van der Waals surface area contributed by atoms with Gasteiger partial charge in [0.1, 0.15) is 17.1 Å². The maximum absolute atomic E-state index is 12.6. The van der Waals surface area contributed by atoms with Crippen molar-refractivity contribution < 1.29 is 18.7 Å². The van der Waals surface area contributed by atoms with E-state index in [1.54, 1.807) is 18.2 Å². The molecule has 0 saturated carbocycles. The van der Waals surface area contributed by atoms with Gasteiger partial charge >= 0.3 is 6.01 Å². The zero-order valence-electron chi connectivity index (χ0n) is 15.6. The standard InChI is InChI=1S/C20H21N3O4/c1-12(2)13-8-10-14(11-9-13)19-22-23-20(27-19)21-18(24)17-15(25-3)6-5-7-16(17)26-4/h5-12H,1-4H3,(H,21,23,24). The molecule has 0 saturated heterocycles. The molecule has 0 radical (unpaired) electrons. The molecule has 0 spiro atoms. The van der Waals surface area contributed by atoms with Gasteiger partial charge in [-0.3, -0.25) is 10.1 Å². The quantitative estimate of drug-likeness (QED) is 0.705. The number of nitrogens with one attached hydrogen (secondary N) is 1. The SMILES string of the molecule is COc1cccc(OC)c1C(=O)Nc1nnc(-c2ccc(C(C)C)cc2)o1. The number of aromatic nitrogens is 2. The van der Waals surface area contributed by atoms with Crippen LogP contribution in [0.3, 0.4) is 0 Å². The Balaban J connectivity index is 1.81. The number of ether oxygens (including phenoxy) is 2. The Morgan fingerprint density at radius 1 is 1.00 bits per heavy atom. The Morgan fingerprint density at radius 3 is 2.19 bits per heavy atom. The van der Waals surface area contributed by atoms with Crippen LogP contribution in [0.1, 0.15) is 35.7 Å². The van der Waals surface area contributed by atoms with E-state index in [2.05, 4.69) is 29.4 Å². The zero-order valence-corrected chi connectivity index (χ0v) is 15.6. The number of carbonyl (C=O) groups excluding carboxylic acids is 1. The Labute approximate surface area is 157 Å². The van der Waals surface area contributed by atoms with Gasteiger partial charge < -0.3 is 13.9 Å². The predicted octanol–water partition coefficient (Wildman–Crippen LogP) is 4.13. The largest absolute Gasteiger partial charge is 0.496 e. The minimum absolute atomic E-state index is 0.00380. The lowest BCUT2D eigenvalue weighted by molar-refractivity contribution is 0.101. The first-order valence-corrected chi connectivity index (χ1v) is 8.49. The van der Waals surface area contributed by atoms with Crippen molar-refractivity contribution >= 4 is 11.9 Å². The molecule has 1 amide bonds. The van der Waals surface area contributed by atoms with E-state index in [1.165, 1.54) is 19.8 Å². The summed E-state index contributed by atoms with van der Waals surface area (Å²) in [6, 6.07) is 12.9. The number of rotatable bonds is 6. The van der Waals surface area contributed by atoms with Gasteiger partial charge in [0.05, 0.1) is 14.2 Å². The highest BCUT2D eigenvalue weighted by molar-refractivity contribution is 6.07. The highest BCUT2D eigenvalue weighted by atomic mass is 16.5. The summed E-state index contributed by atoms with van der Waals surface area (Å²) < 4.78 is 16.1. The highest BCUT2D eigenvalue weighted by Crippen LogP contribution is 2.29. The normalized spacial score (nSPS) is 10.7. The van der Waals surface area contributed by atoms with E-state index < -0.39 is 5.91 Å². The molecule has 7 heteroatoms. The van der Waals surface area contributed by atoms with Gasteiger partial charge in [-0.25, -0.2) is 0 Å². The second-order valence-electron chi connectivity index (χ2n) is 6.18. The lowest BCUT2D eigenvalue weighted by Crippen LogP contribution is -2.14. The Hall–Kier alpha value is -3.35. The fourth-order valence-corrected chi connectivity index (χ4v) is 2.64. The van der Waals surface area contributed by atoms with Crippen molar-refractivity contribution in [3.63, 3.8) is 0 Å². The summed E-state index contributed by atoms with van der Waals surface area (Å²) in [6.07, 6.45) is 0. The molecule has 0 atom stereocenters. The third kappa shape index (κ3) is 3.92. The number of hydrogen-bond donors (Lipinski definition) is 1. The van der Waals surface area contributed by atoms with E-state index in [9.17, 15) is 4.79 Å². The van der Waals surface area contributed by atoms with Crippen LogP contribution in [0.15, 0.2) is 46.9 Å². The highest BCUT2D eigenvalue weighted by Gasteiger charge is 2.20. The van der Waals surface area contributed by atoms with Gasteiger partial charge in [-0.15, -0.1) is 5.10 Å². The molecular formula is C20H21N3O4. The third-order valence-corrected chi connectivity index (χ3v) is 4.12. The maximum atomic E-state index is 12.6. The molecule has 0 aliphatic carbocycles. The van der Waals surface area contributed by atoms with Gasteiger partial charge in [0, 0.05) is 5.56 Å². The first kappa shape index (κ1) is 18.4. The fraction of sp³-hybridized carbons (Fsp3) is 0.250. The number of amides is 1. The van der Waals surface area contributed by atoms with E-state index in [-0.39, 0.29) is 11.6 Å². The van der Waals surface area contributed by atoms with E-state index in [0.717, 1.165) is 5.56 Å². The first-order chi connectivity index (χ1) is 13.0. The fourth-order valence-electron chi connectivity index (χ4n) is 2.64. The van der Waals surface area contributed by atoms with Crippen LogP contribution in [-0.2, 0) is 0 Å². The van der Waals surface area contributed by atoms with Crippen LogP contribution >= 0.6 is 0 Å². The summed E-state index contributed by atoms with van der Waals surface area (Å²) >= 11 is 0. The van der Waals surface area contributed by atoms with E-state index >= 15 is 0 Å². The summed E-state index contributed by atoms with van der Waals surface area (Å²) in [4.78, 5) is 12.6. The zero-order chi connectivity index (χ0) is 19.4. The van der Waals surface area contributed by atoms with Crippen LogP contribution in [0.2, 0.25) is 0 Å². The molecule has 0 fully saturated rings. The number of nitrogens with zero attached hydrogens (tertiary/aromatic N) is 2. The number of methoxy groups -OCH3 is 2. The molecular weight excluding hydrogens is 346 g/mol. The Morgan fingerprint density at radius 2 is 1.63 bits per heavy atom. The molecule has 2 aromatic carbocycles. The number of benzene rings is 2. The van der Waals surface area contributed by atoms with Gasteiger partial charge in [-0.05, 0) is 35.7 Å². The van der Waals surface area contributed by atoms with E-state index in [4.69, 9.17) is 13.9 Å². The Bertz CT molecular complexity index is 910. The molecule has 0 aliphatic rings. The molecule has 1 aromatic heterocycles. The molecule has 0 unspecified atom stereocenters. The van der Waals surface area contributed by atoms with Gasteiger partial charge in [0.2, 0.25) is 5.89 Å². The van der Waals surface area contributed by atoms with Crippen molar-refractivity contribution in [1.82, 2.24) is 10.2 Å². The van der Waals surface area contributed by atoms with Crippen molar-refractivity contribution in [3.8, 4) is 23.0 Å². The molecule has 27 heavy (non-hydrogen) atoms. The van der Waals surface area contributed by atoms with Gasteiger partial charge in [-0.2, -0.15) is 0 Å². The molecule has 3 rings (SSSR count). The second kappa shape index (κ2) is 7.90. The van der Waals surface area contributed by atoms with Gasteiger partial charge in [0.15, 0.2) is 0 Å². The van der Waals surface area contributed by atoms with Crippen molar-refractivity contribution in [2.75, 3.05) is 19.5 Å². The average molecular weight is 367 g/mol. The summed E-state index contributed by atoms with van der Waals surface area (Å²) in [7, 11) is 2.97. The molecule has 1 N–H and O–H groups in total. The molecule has 0 aliphatic heterocycles. The van der Waals surface area contributed by atoms with E-state index in [0.29, 0.717) is 23.3 Å². The Kier molecular flexibility index (Phi) is 5.40. The minimum Gasteiger partial charge on any atom is -0.496 e. The summed E-state index contributed by atoms with van der Waals surface area (Å²) in [6.45, 7) is 4.25. The molecule has 0 bridgehead atoms. The average Bonchev–Trinajstić information content (AvgIpc) is 3.15. The minimum atomic E-state index is -0.463. The van der Waals surface area contributed by atoms with Crippen molar-refractivity contribution in [2.45, 2.75) is 19.8 Å². The van der Waals surface area contributed by atoms with Crippen LogP contribution in [0, 0.1) is 0 Å². The number of anilines is 1. The predicted molar refractivity (Wildman–Crippen MR) is 101 cm³/mol. The van der Waals surface area contributed by atoms with Crippen LogP contribution in [0.5, 0.6) is 11.5 Å². The van der Waals surface area contributed by atoms with Crippen molar-refractivity contribution in [3.05, 3.63) is 53.6 Å². The van der Waals surface area contributed by atoms with Crippen molar-refractivity contribution in [2.24, 2.45) is 0 Å². The molecule has 7 nitrogen and oxygen atoms in total. The molecule has 3 aromatic rings. The molecule has 1 heterocycles. The lowest BCUT2D eigenvalue weighted by Gasteiger charge is -2.11. The molecule has 140 valence electrons. The first-order valence-electron chi connectivity index (χ1n) is 8.49. The maximum Gasteiger partial charge on any atom is 0.322 e. The van der Waals surface area contributed by atoms with Crippen LogP contribution < -0.4 is 14.8 Å². The van der Waals surface area contributed by atoms with Gasteiger partial charge in [0.25, 0.3) is 5.91 Å². The second-order valence-corrected chi connectivity index (χ2v) is 6.18. The summed E-state index contributed by atoms with van der Waals surface area (Å²) in [5, 5.41) is 10.5. The third-order valence-electron chi connectivity index (χ3n) is 4.12. The summed E-state index contributed by atoms with van der Waals surface area (Å²) in [5.74, 6) is 1.07. The monoisotopic (exact) mass is 367 g/mol. The topological polar surface area (TPSA) is 86.5 Å². The van der Waals surface area contributed by atoms with Crippen LogP contribution in [0.4, 0.5) is 6.01 Å². The van der Waals surface area contributed by atoms with Crippen LogP contribution in [-0.4, -0.2) is 30.3 Å². The lowest BCUT2D eigenvalue weighted by atomic mass is 10.0. The van der Waals surface area contributed by atoms with E-state index in [1.807, 2.05) is 24.3 Å². The number of carbonyl (C=O) groups is 1. The smallest absolute Gasteiger partial charge is 0.322 e. The van der Waals surface area contributed by atoms with Gasteiger partial charge in [-0.1, -0.05) is 37.1 Å². The van der Waals surface area contributed by atoms with Crippen LogP contribution in [0.25, 0.3) is 11.5 Å². The number of hydrogen-bond acceptors (Lipinski definition) is 6. The van der Waals surface area contributed by atoms with Crippen molar-refractivity contribution in [1.29, 1.82) is 0 Å².